The van der Waals surface area contributed by atoms with Crippen LogP contribution in [0.5, 0.6) is 5.88 Å². The molecule has 0 aliphatic heterocycles. The molecule has 1 aromatic rings. The molecule has 2 rings (SSSR count). The molecule has 104 valence electrons. The zero-order valence-corrected chi connectivity index (χ0v) is 11.3. The normalized spacial score (nSPS) is 22.8. The van der Waals surface area contributed by atoms with Crippen LogP contribution < -0.4 is 15.8 Å². The fourth-order valence-corrected chi connectivity index (χ4v) is 2.52. The van der Waals surface area contributed by atoms with Crippen molar-refractivity contribution >= 4 is 11.9 Å². The number of nitrogens with one attached hydrogen (secondary N) is 1. The molecule has 2 atom stereocenters. The van der Waals surface area contributed by atoms with E-state index in [1.807, 2.05) is 6.92 Å². The Bertz CT molecular complexity index is 464. The molecule has 1 fully saturated rings. The molecule has 1 amide bonds. The molecule has 3 N–H and O–H groups in total. The summed E-state index contributed by atoms with van der Waals surface area (Å²) >= 11 is 0. The summed E-state index contributed by atoms with van der Waals surface area (Å²) in [5.41, 5.74) is 6.27. The molecule has 1 saturated carbocycles. The third-order valence-corrected chi connectivity index (χ3v) is 3.49. The molecule has 0 aromatic carbocycles. The van der Waals surface area contributed by atoms with Gasteiger partial charge in [0.05, 0.1) is 13.0 Å². The largest absolute Gasteiger partial charge is 0.481 e. The Morgan fingerprint density at radius 2 is 2.16 bits per heavy atom. The van der Waals surface area contributed by atoms with Gasteiger partial charge in [-0.25, -0.2) is 4.98 Å². The lowest BCUT2D eigenvalue weighted by atomic mass is 9.84. The van der Waals surface area contributed by atoms with Crippen LogP contribution in [0.1, 0.15) is 31.4 Å². The van der Waals surface area contributed by atoms with Crippen molar-refractivity contribution in [1.82, 2.24) is 9.97 Å². The van der Waals surface area contributed by atoms with E-state index in [0.29, 0.717) is 11.8 Å². The van der Waals surface area contributed by atoms with E-state index in [0.717, 1.165) is 31.4 Å². The first-order chi connectivity index (χ1) is 9.10. The molecule has 1 heterocycles. The second-order valence-electron chi connectivity index (χ2n) is 4.92. The number of carbonyl (C=O) groups is 1. The van der Waals surface area contributed by atoms with E-state index in [1.54, 1.807) is 13.2 Å². The van der Waals surface area contributed by atoms with Crippen LogP contribution in [0.15, 0.2) is 6.07 Å². The third-order valence-electron chi connectivity index (χ3n) is 3.49. The maximum absolute atomic E-state index is 11.5. The zero-order valence-electron chi connectivity index (χ0n) is 11.3. The lowest BCUT2D eigenvalue weighted by Crippen LogP contribution is -2.40. The number of nitrogens with zero attached hydrogens (tertiary/aromatic N) is 2. The lowest BCUT2D eigenvalue weighted by Gasteiger charge is -2.30. The number of ether oxygens (including phenoxy) is 1. The number of amides is 1. The Kier molecular flexibility index (Phi) is 4.19. The van der Waals surface area contributed by atoms with Gasteiger partial charge in [0, 0.05) is 17.8 Å². The summed E-state index contributed by atoms with van der Waals surface area (Å²) < 4.78 is 5.12. The molecule has 1 aliphatic rings. The van der Waals surface area contributed by atoms with Crippen molar-refractivity contribution in [2.24, 2.45) is 11.7 Å². The summed E-state index contributed by atoms with van der Waals surface area (Å²) in [7, 11) is 1.57. The van der Waals surface area contributed by atoms with E-state index in [1.165, 1.54) is 0 Å². The average molecular weight is 264 g/mol. The number of carbonyl (C=O) groups excluding carboxylic acids is 1. The number of aryl methyl sites for hydroxylation is 1. The minimum absolute atomic E-state index is 0.0118. The first kappa shape index (κ1) is 13.6. The molecular weight excluding hydrogens is 244 g/mol. The van der Waals surface area contributed by atoms with E-state index in [4.69, 9.17) is 10.5 Å². The highest BCUT2D eigenvalue weighted by molar-refractivity contribution is 5.78. The second-order valence-corrected chi connectivity index (χ2v) is 4.92. The second kappa shape index (κ2) is 5.86. The predicted molar refractivity (Wildman–Crippen MR) is 71.9 cm³/mol. The van der Waals surface area contributed by atoms with Crippen molar-refractivity contribution in [1.29, 1.82) is 0 Å². The third kappa shape index (κ3) is 3.33. The standard InChI is InChI=1S/C13H20N4O2/c1-8-7-11(19-2)17-13(15-8)16-10-6-4-3-5-9(10)12(14)18/h7,9-10H,3-6H2,1-2H3,(H2,14,18)(H,15,16,17). The topological polar surface area (TPSA) is 90.1 Å². The molecule has 0 bridgehead atoms. The Hall–Kier alpha value is -1.85. The summed E-state index contributed by atoms with van der Waals surface area (Å²) in [5.74, 6) is 0.608. The van der Waals surface area contributed by atoms with Crippen LogP contribution in [0, 0.1) is 12.8 Å². The first-order valence-electron chi connectivity index (χ1n) is 6.55. The highest BCUT2D eigenvalue weighted by Crippen LogP contribution is 2.26. The van der Waals surface area contributed by atoms with E-state index in [9.17, 15) is 4.79 Å². The van der Waals surface area contributed by atoms with Gasteiger partial charge in [-0.05, 0) is 19.8 Å². The number of primary amides is 1. The Labute approximate surface area is 112 Å². The number of rotatable bonds is 4. The van der Waals surface area contributed by atoms with Crippen molar-refractivity contribution in [3.63, 3.8) is 0 Å². The quantitative estimate of drug-likeness (QED) is 0.854. The smallest absolute Gasteiger partial charge is 0.226 e. The van der Waals surface area contributed by atoms with Crippen molar-refractivity contribution in [2.45, 2.75) is 38.6 Å². The van der Waals surface area contributed by atoms with E-state index in [2.05, 4.69) is 15.3 Å². The number of methoxy groups -OCH3 is 1. The molecular formula is C13H20N4O2. The van der Waals surface area contributed by atoms with Crippen LogP contribution in [0.4, 0.5) is 5.95 Å². The molecule has 0 radical (unpaired) electrons. The van der Waals surface area contributed by atoms with Crippen LogP contribution in [-0.2, 0) is 4.79 Å². The van der Waals surface area contributed by atoms with Gasteiger partial charge in [-0.15, -0.1) is 0 Å². The number of hydrogen-bond acceptors (Lipinski definition) is 5. The van der Waals surface area contributed by atoms with Crippen molar-refractivity contribution in [3.05, 3.63) is 11.8 Å². The highest BCUT2D eigenvalue weighted by Gasteiger charge is 2.29. The zero-order chi connectivity index (χ0) is 13.8. The molecule has 6 nitrogen and oxygen atoms in total. The molecule has 6 heteroatoms. The van der Waals surface area contributed by atoms with E-state index in [-0.39, 0.29) is 17.9 Å². The molecule has 19 heavy (non-hydrogen) atoms. The summed E-state index contributed by atoms with van der Waals surface area (Å²) in [6, 6.07) is 1.77. The van der Waals surface area contributed by atoms with Crippen molar-refractivity contribution < 1.29 is 9.53 Å². The van der Waals surface area contributed by atoms with E-state index >= 15 is 0 Å². The van der Waals surface area contributed by atoms with Gasteiger partial charge >= 0.3 is 0 Å². The maximum Gasteiger partial charge on any atom is 0.226 e. The van der Waals surface area contributed by atoms with Crippen LogP contribution in [0.2, 0.25) is 0 Å². The lowest BCUT2D eigenvalue weighted by molar-refractivity contribution is -0.122. The number of hydrogen-bond donors (Lipinski definition) is 2. The fourth-order valence-electron chi connectivity index (χ4n) is 2.52. The minimum Gasteiger partial charge on any atom is -0.481 e. The van der Waals surface area contributed by atoms with Crippen LogP contribution in [-0.4, -0.2) is 29.0 Å². The van der Waals surface area contributed by atoms with Crippen molar-refractivity contribution in [3.8, 4) is 5.88 Å². The van der Waals surface area contributed by atoms with Gasteiger partial charge in [0.1, 0.15) is 0 Å². The van der Waals surface area contributed by atoms with Gasteiger partial charge in [-0.3, -0.25) is 4.79 Å². The summed E-state index contributed by atoms with van der Waals surface area (Å²) in [4.78, 5) is 20.0. The van der Waals surface area contributed by atoms with Gasteiger partial charge in [0.25, 0.3) is 0 Å². The van der Waals surface area contributed by atoms with Crippen LogP contribution in [0.25, 0.3) is 0 Å². The van der Waals surface area contributed by atoms with E-state index < -0.39 is 0 Å². The number of nitrogens with two attached hydrogens (primary N) is 1. The Morgan fingerprint density at radius 1 is 1.42 bits per heavy atom. The Balaban J connectivity index is 2.14. The molecule has 2 unspecified atom stereocenters. The SMILES string of the molecule is COc1cc(C)nc(NC2CCCCC2C(N)=O)n1. The number of anilines is 1. The Morgan fingerprint density at radius 3 is 2.84 bits per heavy atom. The summed E-state index contributed by atoms with van der Waals surface area (Å²) in [6.45, 7) is 1.88. The highest BCUT2D eigenvalue weighted by atomic mass is 16.5. The molecule has 1 aromatic heterocycles. The number of aromatic nitrogens is 2. The minimum atomic E-state index is -0.253. The van der Waals surface area contributed by atoms with Crippen LogP contribution in [0.3, 0.4) is 0 Å². The van der Waals surface area contributed by atoms with Gasteiger partial charge in [-0.2, -0.15) is 4.98 Å². The van der Waals surface area contributed by atoms with Gasteiger partial charge < -0.3 is 15.8 Å². The predicted octanol–water partition coefficient (Wildman–Crippen LogP) is 1.25. The monoisotopic (exact) mass is 264 g/mol. The summed E-state index contributed by atoms with van der Waals surface area (Å²) in [6.07, 6.45) is 3.87. The molecule has 0 spiro atoms. The first-order valence-corrected chi connectivity index (χ1v) is 6.55. The van der Waals surface area contributed by atoms with Gasteiger partial charge in [0.15, 0.2) is 0 Å². The maximum atomic E-state index is 11.5. The van der Waals surface area contributed by atoms with Crippen LogP contribution >= 0.6 is 0 Å². The molecule has 0 saturated heterocycles. The fraction of sp³-hybridized carbons (Fsp3) is 0.615. The average Bonchev–Trinajstić information content (AvgIpc) is 2.38. The van der Waals surface area contributed by atoms with Crippen molar-refractivity contribution in [2.75, 3.05) is 12.4 Å². The van der Waals surface area contributed by atoms with Gasteiger partial charge in [0.2, 0.25) is 17.7 Å². The molecule has 1 aliphatic carbocycles. The summed E-state index contributed by atoms with van der Waals surface area (Å²) in [5, 5.41) is 3.22. The van der Waals surface area contributed by atoms with Gasteiger partial charge in [-0.1, -0.05) is 12.8 Å².